The van der Waals surface area contributed by atoms with Crippen molar-refractivity contribution in [1.29, 1.82) is 0 Å². The molecule has 6 heteroatoms. The summed E-state index contributed by atoms with van der Waals surface area (Å²) < 4.78 is 11.1. The number of aromatic nitrogens is 1. The van der Waals surface area contributed by atoms with Crippen molar-refractivity contribution >= 4 is 17.4 Å². The molecule has 124 valence electrons. The molecule has 0 spiro atoms. The van der Waals surface area contributed by atoms with E-state index in [0.717, 1.165) is 5.56 Å². The third kappa shape index (κ3) is 2.67. The Balaban J connectivity index is 1.60. The number of ketones is 1. The number of amides is 1. The number of carbonyl (C=O) groups excluding carboxylic acids is 2. The SMILES string of the molecule is CC(=O)c1ccc(NC(=O)c2noc3c2COc2ccccc2-3)cc1. The summed E-state index contributed by atoms with van der Waals surface area (Å²) in [6.07, 6.45) is 0. The lowest BCUT2D eigenvalue weighted by atomic mass is 10.0. The van der Waals surface area contributed by atoms with Gasteiger partial charge in [-0.25, -0.2) is 0 Å². The van der Waals surface area contributed by atoms with Gasteiger partial charge in [0.05, 0.1) is 11.1 Å². The molecular weight excluding hydrogens is 320 g/mol. The lowest BCUT2D eigenvalue weighted by Crippen LogP contribution is -2.16. The van der Waals surface area contributed by atoms with Crippen LogP contribution in [0.2, 0.25) is 0 Å². The summed E-state index contributed by atoms with van der Waals surface area (Å²) in [4.78, 5) is 23.8. The number of hydrogen-bond donors (Lipinski definition) is 1. The van der Waals surface area contributed by atoms with E-state index in [1.54, 1.807) is 24.3 Å². The molecule has 0 bridgehead atoms. The highest BCUT2D eigenvalue weighted by Crippen LogP contribution is 2.38. The molecule has 1 aliphatic heterocycles. The van der Waals surface area contributed by atoms with Gasteiger partial charge in [0.2, 0.25) is 0 Å². The first kappa shape index (κ1) is 15.1. The molecule has 0 radical (unpaired) electrons. The van der Waals surface area contributed by atoms with Gasteiger partial charge in [-0.15, -0.1) is 0 Å². The first-order valence-electron chi connectivity index (χ1n) is 7.76. The molecule has 0 fully saturated rings. The Morgan fingerprint density at radius 1 is 1.08 bits per heavy atom. The summed E-state index contributed by atoms with van der Waals surface area (Å²) in [5, 5.41) is 6.67. The van der Waals surface area contributed by atoms with E-state index in [2.05, 4.69) is 10.5 Å². The average molecular weight is 334 g/mol. The minimum atomic E-state index is -0.386. The molecule has 0 unspecified atom stereocenters. The summed E-state index contributed by atoms with van der Waals surface area (Å²) in [6, 6.07) is 14.1. The van der Waals surface area contributed by atoms with E-state index in [4.69, 9.17) is 9.26 Å². The van der Waals surface area contributed by atoms with Gasteiger partial charge < -0.3 is 14.6 Å². The second-order valence-electron chi connectivity index (χ2n) is 5.71. The number of hydrogen-bond acceptors (Lipinski definition) is 5. The van der Waals surface area contributed by atoms with Crippen molar-refractivity contribution in [3.05, 3.63) is 65.4 Å². The summed E-state index contributed by atoms with van der Waals surface area (Å²) in [5.41, 5.74) is 2.75. The number of para-hydroxylation sites is 1. The van der Waals surface area contributed by atoms with Crippen molar-refractivity contribution < 1.29 is 18.8 Å². The van der Waals surface area contributed by atoms with Crippen LogP contribution in [-0.4, -0.2) is 16.8 Å². The molecule has 6 nitrogen and oxygen atoms in total. The highest BCUT2D eigenvalue weighted by atomic mass is 16.5. The smallest absolute Gasteiger partial charge is 0.278 e. The minimum Gasteiger partial charge on any atom is -0.488 e. The number of fused-ring (bicyclic) bond motifs is 3. The fourth-order valence-corrected chi connectivity index (χ4v) is 2.74. The average Bonchev–Trinajstić information content (AvgIpc) is 3.07. The lowest BCUT2D eigenvalue weighted by molar-refractivity contribution is 0.101. The number of rotatable bonds is 3. The van der Waals surface area contributed by atoms with Crippen LogP contribution in [0.1, 0.15) is 33.3 Å². The number of anilines is 1. The molecule has 1 N–H and O–H groups in total. The highest BCUT2D eigenvalue weighted by Gasteiger charge is 2.28. The molecule has 1 aliphatic rings. The predicted molar refractivity (Wildman–Crippen MR) is 90.7 cm³/mol. The predicted octanol–water partition coefficient (Wildman–Crippen LogP) is 3.69. The second kappa shape index (κ2) is 5.90. The molecule has 4 rings (SSSR count). The zero-order chi connectivity index (χ0) is 17.4. The van der Waals surface area contributed by atoms with Gasteiger partial charge in [-0.05, 0) is 43.3 Å². The first-order valence-corrected chi connectivity index (χ1v) is 7.76. The molecule has 1 amide bonds. The molecule has 0 saturated carbocycles. The number of nitrogens with zero attached hydrogens (tertiary/aromatic N) is 1. The van der Waals surface area contributed by atoms with E-state index >= 15 is 0 Å². The Hall–Kier alpha value is -3.41. The van der Waals surface area contributed by atoms with Crippen LogP contribution in [-0.2, 0) is 6.61 Å². The van der Waals surface area contributed by atoms with E-state index in [-0.39, 0.29) is 24.0 Å². The zero-order valence-corrected chi connectivity index (χ0v) is 13.4. The Morgan fingerprint density at radius 2 is 1.84 bits per heavy atom. The van der Waals surface area contributed by atoms with Crippen LogP contribution in [0, 0.1) is 0 Å². The van der Waals surface area contributed by atoms with Crippen molar-refractivity contribution in [3.8, 4) is 17.1 Å². The van der Waals surface area contributed by atoms with E-state index in [1.807, 2.05) is 24.3 Å². The monoisotopic (exact) mass is 334 g/mol. The molecule has 0 atom stereocenters. The Labute approximate surface area is 143 Å². The molecule has 2 aromatic carbocycles. The summed E-state index contributed by atoms with van der Waals surface area (Å²) in [6.45, 7) is 1.72. The Morgan fingerprint density at radius 3 is 2.60 bits per heavy atom. The van der Waals surface area contributed by atoms with Crippen LogP contribution in [0.25, 0.3) is 11.3 Å². The molecule has 25 heavy (non-hydrogen) atoms. The fraction of sp³-hybridized carbons (Fsp3) is 0.105. The zero-order valence-electron chi connectivity index (χ0n) is 13.4. The number of nitrogens with one attached hydrogen (secondary N) is 1. The maximum Gasteiger partial charge on any atom is 0.278 e. The van der Waals surface area contributed by atoms with Crippen LogP contribution < -0.4 is 10.1 Å². The number of ether oxygens (including phenoxy) is 1. The fourth-order valence-electron chi connectivity index (χ4n) is 2.74. The third-order valence-corrected chi connectivity index (χ3v) is 4.06. The van der Waals surface area contributed by atoms with E-state index < -0.39 is 0 Å². The molecule has 1 aromatic heterocycles. The van der Waals surface area contributed by atoms with E-state index in [0.29, 0.717) is 28.3 Å². The van der Waals surface area contributed by atoms with Crippen molar-refractivity contribution in [2.24, 2.45) is 0 Å². The van der Waals surface area contributed by atoms with Gasteiger partial charge in [-0.1, -0.05) is 17.3 Å². The lowest BCUT2D eigenvalue weighted by Gasteiger charge is -2.15. The largest absolute Gasteiger partial charge is 0.488 e. The van der Waals surface area contributed by atoms with Crippen LogP contribution >= 0.6 is 0 Å². The standard InChI is InChI=1S/C19H14N2O4/c1-11(22)12-6-8-13(9-7-12)20-19(23)17-15-10-24-16-5-3-2-4-14(16)18(15)25-21-17/h2-9H,10H2,1H3,(H,20,23). The van der Waals surface area contributed by atoms with Gasteiger partial charge in [-0.2, -0.15) is 0 Å². The Bertz CT molecular complexity index is 973. The normalized spacial score (nSPS) is 11.9. The number of Topliss-reactive ketones (excluding diaryl/α,β-unsaturated/α-hetero) is 1. The maximum atomic E-state index is 12.5. The van der Waals surface area contributed by atoms with Crippen LogP contribution in [0.15, 0.2) is 53.1 Å². The quantitative estimate of drug-likeness (QED) is 0.739. The molecule has 2 heterocycles. The van der Waals surface area contributed by atoms with Crippen LogP contribution in [0.4, 0.5) is 5.69 Å². The van der Waals surface area contributed by atoms with Crippen LogP contribution in [0.5, 0.6) is 5.75 Å². The van der Waals surface area contributed by atoms with Gasteiger partial charge in [-0.3, -0.25) is 9.59 Å². The summed E-state index contributed by atoms with van der Waals surface area (Å²) in [7, 11) is 0. The summed E-state index contributed by atoms with van der Waals surface area (Å²) >= 11 is 0. The van der Waals surface area contributed by atoms with Gasteiger partial charge in [0.15, 0.2) is 17.2 Å². The van der Waals surface area contributed by atoms with Gasteiger partial charge >= 0.3 is 0 Å². The molecule has 0 saturated heterocycles. The van der Waals surface area contributed by atoms with Crippen molar-refractivity contribution in [3.63, 3.8) is 0 Å². The molecule has 3 aromatic rings. The molecule has 0 aliphatic carbocycles. The topological polar surface area (TPSA) is 81.4 Å². The molecular formula is C19H14N2O4. The van der Waals surface area contributed by atoms with Crippen molar-refractivity contribution in [2.45, 2.75) is 13.5 Å². The maximum absolute atomic E-state index is 12.5. The van der Waals surface area contributed by atoms with Gasteiger partial charge in [0.25, 0.3) is 5.91 Å². The number of carbonyl (C=O) groups is 2. The van der Waals surface area contributed by atoms with Crippen molar-refractivity contribution in [2.75, 3.05) is 5.32 Å². The van der Waals surface area contributed by atoms with Crippen LogP contribution in [0.3, 0.4) is 0 Å². The third-order valence-electron chi connectivity index (χ3n) is 4.06. The first-order chi connectivity index (χ1) is 12.1. The van der Waals surface area contributed by atoms with Gasteiger partial charge in [0, 0.05) is 11.3 Å². The Kier molecular flexibility index (Phi) is 3.57. The second-order valence-corrected chi connectivity index (χ2v) is 5.71. The van der Waals surface area contributed by atoms with Crippen molar-refractivity contribution in [1.82, 2.24) is 5.16 Å². The number of benzene rings is 2. The van der Waals surface area contributed by atoms with Gasteiger partial charge in [0.1, 0.15) is 12.4 Å². The van der Waals surface area contributed by atoms with E-state index in [9.17, 15) is 9.59 Å². The minimum absolute atomic E-state index is 0.0285. The van der Waals surface area contributed by atoms with E-state index in [1.165, 1.54) is 6.92 Å². The summed E-state index contributed by atoms with van der Waals surface area (Å²) in [5.74, 6) is 0.847. The highest BCUT2D eigenvalue weighted by molar-refractivity contribution is 6.05.